The van der Waals surface area contributed by atoms with Crippen molar-refractivity contribution in [3.8, 4) is 5.75 Å². The minimum atomic E-state index is -0.323. The van der Waals surface area contributed by atoms with Crippen LogP contribution in [0.15, 0.2) is 24.5 Å². The third kappa shape index (κ3) is 3.71. The average molecular weight is 291 g/mol. The molecule has 114 valence electrons. The summed E-state index contributed by atoms with van der Waals surface area (Å²) in [6.45, 7) is 3.51. The first kappa shape index (κ1) is 14.3. The minimum Gasteiger partial charge on any atom is -0.490 e. The summed E-state index contributed by atoms with van der Waals surface area (Å²) in [4.78, 5) is 18.2. The topological polar surface area (TPSA) is 63.7 Å². The van der Waals surface area contributed by atoms with E-state index in [2.05, 4.69) is 10.3 Å². The molecule has 2 aliphatic heterocycles. The standard InChI is InChI=1S/C15H21N3O3/c19-15(14-11-17-7-10-20-14)18-8-3-13(4-9-18)21-12-1-5-16-6-2-12/h1-2,5-6,13-14,17H,3-4,7-11H2/t14-/m0/s1. The molecule has 6 nitrogen and oxygen atoms in total. The number of nitrogens with one attached hydrogen (secondary N) is 1. The summed E-state index contributed by atoms with van der Waals surface area (Å²) < 4.78 is 11.4. The van der Waals surface area contributed by atoms with E-state index in [0.29, 0.717) is 13.2 Å². The Labute approximate surface area is 124 Å². The normalized spacial score (nSPS) is 23.8. The van der Waals surface area contributed by atoms with E-state index in [1.807, 2.05) is 17.0 Å². The van der Waals surface area contributed by atoms with Crippen molar-refractivity contribution in [1.29, 1.82) is 0 Å². The third-order valence-electron chi connectivity index (χ3n) is 3.91. The van der Waals surface area contributed by atoms with Crippen molar-refractivity contribution in [2.45, 2.75) is 25.0 Å². The molecule has 2 saturated heterocycles. The molecule has 1 atom stereocenters. The molecule has 1 amide bonds. The second-order valence-corrected chi connectivity index (χ2v) is 5.39. The molecular weight excluding hydrogens is 270 g/mol. The van der Waals surface area contributed by atoms with Gasteiger partial charge in [-0.05, 0) is 12.1 Å². The molecule has 0 aromatic carbocycles. The first-order chi connectivity index (χ1) is 10.3. The van der Waals surface area contributed by atoms with Gasteiger partial charge in [0.05, 0.1) is 6.61 Å². The lowest BCUT2D eigenvalue weighted by Crippen LogP contribution is -2.52. The van der Waals surface area contributed by atoms with Gasteiger partial charge in [-0.3, -0.25) is 9.78 Å². The first-order valence-corrected chi connectivity index (χ1v) is 7.51. The smallest absolute Gasteiger partial charge is 0.253 e. The van der Waals surface area contributed by atoms with Crippen LogP contribution in [-0.4, -0.2) is 60.8 Å². The zero-order chi connectivity index (χ0) is 14.5. The highest BCUT2D eigenvalue weighted by Crippen LogP contribution is 2.19. The second-order valence-electron chi connectivity index (χ2n) is 5.39. The van der Waals surface area contributed by atoms with Crippen LogP contribution < -0.4 is 10.1 Å². The van der Waals surface area contributed by atoms with Crippen LogP contribution in [0, 0.1) is 0 Å². The molecule has 21 heavy (non-hydrogen) atoms. The van der Waals surface area contributed by atoms with Crippen LogP contribution in [-0.2, 0) is 9.53 Å². The Morgan fingerprint density at radius 1 is 1.33 bits per heavy atom. The van der Waals surface area contributed by atoms with Gasteiger partial charge in [-0.25, -0.2) is 0 Å². The summed E-state index contributed by atoms with van der Waals surface area (Å²) in [5, 5.41) is 3.19. The number of likely N-dealkylation sites (tertiary alicyclic amines) is 1. The zero-order valence-corrected chi connectivity index (χ0v) is 12.0. The maximum atomic E-state index is 12.3. The molecule has 1 N–H and O–H groups in total. The van der Waals surface area contributed by atoms with Crippen molar-refractivity contribution in [3.63, 3.8) is 0 Å². The monoisotopic (exact) mass is 291 g/mol. The maximum absolute atomic E-state index is 12.3. The maximum Gasteiger partial charge on any atom is 0.253 e. The van der Waals surface area contributed by atoms with E-state index in [1.54, 1.807) is 12.4 Å². The lowest BCUT2D eigenvalue weighted by atomic mass is 10.1. The number of hydrogen-bond donors (Lipinski definition) is 1. The number of carbonyl (C=O) groups excluding carboxylic acids is 1. The van der Waals surface area contributed by atoms with E-state index in [4.69, 9.17) is 9.47 Å². The van der Waals surface area contributed by atoms with Crippen molar-refractivity contribution < 1.29 is 14.3 Å². The van der Waals surface area contributed by atoms with Gasteiger partial charge in [0.15, 0.2) is 0 Å². The van der Waals surface area contributed by atoms with Crippen LogP contribution in [0.1, 0.15) is 12.8 Å². The minimum absolute atomic E-state index is 0.101. The number of morpholine rings is 1. The number of aromatic nitrogens is 1. The lowest BCUT2D eigenvalue weighted by molar-refractivity contribution is -0.147. The molecule has 6 heteroatoms. The molecule has 0 radical (unpaired) electrons. The van der Waals surface area contributed by atoms with Gasteiger partial charge in [0.2, 0.25) is 0 Å². The lowest BCUT2D eigenvalue weighted by Gasteiger charge is -2.35. The summed E-state index contributed by atoms with van der Waals surface area (Å²) in [5.41, 5.74) is 0. The van der Waals surface area contributed by atoms with Crippen molar-refractivity contribution >= 4 is 5.91 Å². The van der Waals surface area contributed by atoms with Crippen LogP contribution in [0.5, 0.6) is 5.75 Å². The number of pyridine rings is 1. The van der Waals surface area contributed by atoms with Gasteiger partial charge >= 0.3 is 0 Å². The van der Waals surface area contributed by atoms with Crippen LogP contribution in [0.2, 0.25) is 0 Å². The van der Waals surface area contributed by atoms with E-state index in [0.717, 1.165) is 38.2 Å². The van der Waals surface area contributed by atoms with E-state index in [-0.39, 0.29) is 18.1 Å². The number of piperidine rings is 1. The van der Waals surface area contributed by atoms with Gasteiger partial charge in [-0.1, -0.05) is 0 Å². The van der Waals surface area contributed by atoms with Gasteiger partial charge in [0.25, 0.3) is 5.91 Å². The van der Waals surface area contributed by atoms with Crippen molar-refractivity contribution in [1.82, 2.24) is 15.2 Å². The number of amides is 1. The quantitative estimate of drug-likeness (QED) is 0.875. The predicted octanol–water partition coefficient (Wildman–Crippen LogP) is 0.440. The molecule has 3 heterocycles. The Bertz CT molecular complexity index is 454. The fourth-order valence-electron chi connectivity index (χ4n) is 2.73. The molecule has 0 saturated carbocycles. The molecule has 2 aliphatic rings. The van der Waals surface area contributed by atoms with Gasteiger partial charge in [0.1, 0.15) is 18.0 Å². The number of rotatable bonds is 3. The Hall–Kier alpha value is -1.66. The summed E-state index contributed by atoms with van der Waals surface area (Å²) in [5.74, 6) is 0.944. The van der Waals surface area contributed by atoms with E-state index in [9.17, 15) is 4.79 Å². The molecule has 0 bridgehead atoms. The Kier molecular flexibility index (Phi) is 4.67. The Morgan fingerprint density at radius 2 is 2.10 bits per heavy atom. The van der Waals surface area contributed by atoms with Gasteiger partial charge < -0.3 is 19.7 Å². The molecule has 3 rings (SSSR count). The fourth-order valence-corrected chi connectivity index (χ4v) is 2.73. The number of nitrogens with zero attached hydrogens (tertiary/aromatic N) is 2. The highest BCUT2D eigenvalue weighted by atomic mass is 16.5. The summed E-state index contributed by atoms with van der Waals surface area (Å²) in [6.07, 6.45) is 5.00. The van der Waals surface area contributed by atoms with Crippen molar-refractivity contribution in [2.75, 3.05) is 32.8 Å². The summed E-state index contributed by atoms with van der Waals surface area (Å²) in [6, 6.07) is 3.72. The SMILES string of the molecule is O=C([C@@H]1CNCCO1)N1CCC(Oc2ccncc2)CC1. The van der Waals surface area contributed by atoms with Gasteiger partial charge in [-0.2, -0.15) is 0 Å². The van der Waals surface area contributed by atoms with E-state index in [1.165, 1.54) is 0 Å². The zero-order valence-electron chi connectivity index (χ0n) is 12.0. The molecule has 0 spiro atoms. The average Bonchev–Trinajstić information content (AvgIpc) is 2.57. The van der Waals surface area contributed by atoms with E-state index < -0.39 is 0 Å². The fraction of sp³-hybridized carbons (Fsp3) is 0.600. The highest BCUT2D eigenvalue weighted by molar-refractivity contribution is 5.81. The Balaban J connectivity index is 1.47. The Morgan fingerprint density at radius 3 is 2.76 bits per heavy atom. The molecule has 0 aliphatic carbocycles. The molecular formula is C15H21N3O3. The molecule has 1 aromatic heterocycles. The summed E-state index contributed by atoms with van der Waals surface area (Å²) >= 11 is 0. The van der Waals surface area contributed by atoms with Crippen LogP contribution >= 0.6 is 0 Å². The largest absolute Gasteiger partial charge is 0.490 e. The predicted molar refractivity (Wildman–Crippen MR) is 77.1 cm³/mol. The third-order valence-corrected chi connectivity index (χ3v) is 3.91. The number of hydrogen-bond acceptors (Lipinski definition) is 5. The second kappa shape index (κ2) is 6.87. The van der Waals surface area contributed by atoms with Crippen molar-refractivity contribution in [3.05, 3.63) is 24.5 Å². The molecule has 0 unspecified atom stereocenters. The van der Waals surface area contributed by atoms with Gasteiger partial charge in [-0.15, -0.1) is 0 Å². The van der Waals surface area contributed by atoms with Crippen LogP contribution in [0.25, 0.3) is 0 Å². The first-order valence-electron chi connectivity index (χ1n) is 7.51. The number of ether oxygens (including phenoxy) is 2. The molecule has 1 aromatic rings. The van der Waals surface area contributed by atoms with Crippen molar-refractivity contribution in [2.24, 2.45) is 0 Å². The van der Waals surface area contributed by atoms with Crippen LogP contribution in [0.4, 0.5) is 0 Å². The number of carbonyl (C=O) groups is 1. The van der Waals surface area contributed by atoms with E-state index >= 15 is 0 Å². The van der Waals surface area contributed by atoms with Gasteiger partial charge in [0, 0.05) is 51.4 Å². The highest BCUT2D eigenvalue weighted by Gasteiger charge is 2.30. The van der Waals surface area contributed by atoms with Crippen LogP contribution in [0.3, 0.4) is 0 Å². The summed E-state index contributed by atoms with van der Waals surface area (Å²) in [7, 11) is 0. The molecule has 2 fully saturated rings.